The summed E-state index contributed by atoms with van der Waals surface area (Å²) in [5.74, 6) is 1.51. The van der Waals surface area contributed by atoms with Crippen LogP contribution in [-0.2, 0) is 6.54 Å². The van der Waals surface area contributed by atoms with Gasteiger partial charge in [0.25, 0.3) is 0 Å². The summed E-state index contributed by atoms with van der Waals surface area (Å²) in [6.07, 6.45) is 3.18. The lowest BCUT2D eigenvalue weighted by molar-refractivity contribution is 0.348. The molecule has 0 aliphatic carbocycles. The molecular weight excluding hydrogens is 266 g/mol. The molecule has 0 spiro atoms. The Hall–Kier alpha value is -2.22. The Bertz CT molecular complexity index is 599. The summed E-state index contributed by atoms with van der Waals surface area (Å²) in [6, 6.07) is 1.73. The average Bonchev–Trinajstić information content (AvgIpc) is 2.87. The smallest absolute Gasteiger partial charge is 0.208 e. The summed E-state index contributed by atoms with van der Waals surface area (Å²) in [6.45, 7) is 0.385. The number of rotatable bonds is 5. The van der Waals surface area contributed by atoms with Gasteiger partial charge in [0, 0.05) is 12.3 Å². The van der Waals surface area contributed by atoms with Crippen molar-refractivity contribution in [2.75, 3.05) is 14.2 Å². The van der Waals surface area contributed by atoms with E-state index in [2.05, 4.69) is 15.1 Å². The van der Waals surface area contributed by atoms with Crippen LogP contribution in [0.25, 0.3) is 0 Å². The van der Waals surface area contributed by atoms with Crippen LogP contribution in [0.2, 0.25) is 0 Å². The van der Waals surface area contributed by atoms with Gasteiger partial charge in [-0.25, -0.2) is 9.67 Å². The minimum Gasteiger partial charge on any atom is -0.493 e. The lowest BCUT2D eigenvalue weighted by Gasteiger charge is -2.11. The molecule has 7 nitrogen and oxygen atoms in total. The maximum Gasteiger partial charge on any atom is 0.208 e. The summed E-state index contributed by atoms with van der Waals surface area (Å²) >= 11 is 4.81. The van der Waals surface area contributed by atoms with E-state index < -0.39 is 0 Å². The molecule has 0 bridgehead atoms. The molecule has 0 saturated heterocycles. The van der Waals surface area contributed by atoms with Gasteiger partial charge in [-0.05, 0) is 0 Å². The molecule has 0 aliphatic rings. The first kappa shape index (κ1) is 13.2. The molecule has 0 atom stereocenters. The van der Waals surface area contributed by atoms with Crippen LogP contribution >= 0.6 is 12.2 Å². The monoisotopic (exact) mass is 279 g/mol. The number of hydrogen-bond acceptors (Lipinski definition) is 6. The second-order valence-electron chi connectivity index (χ2n) is 3.62. The molecule has 8 heteroatoms. The molecule has 0 fully saturated rings. The highest BCUT2D eigenvalue weighted by atomic mass is 32.1. The third-order valence-corrected chi connectivity index (χ3v) is 2.62. The van der Waals surface area contributed by atoms with E-state index in [0.29, 0.717) is 29.6 Å². The minimum atomic E-state index is 0.157. The van der Waals surface area contributed by atoms with E-state index in [4.69, 9.17) is 27.4 Å². The molecule has 2 aromatic heterocycles. The van der Waals surface area contributed by atoms with Gasteiger partial charge in [0.2, 0.25) is 5.82 Å². The molecular formula is C11H13N5O2S. The van der Waals surface area contributed by atoms with E-state index >= 15 is 0 Å². The number of nitrogens with two attached hydrogens (primary N) is 1. The van der Waals surface area contributed by atoms with E-state index in [1.165, 1.54) is 6.33 Å². The van der Waals surface area contributed by atoms with Crippen LogP contribution in [0.1, 0.15) is 11.5 Å². The normalized spacial score (nSPS) is 10.2. The third kappa shape index (κ3) is 2.79. The number of pyridine rings is 1. The molecule has 100 valence electrons. The van der Waals surface area contributed by atoms with Crippen molar-refractivity contribution in [3.8, 4) is 11.5 Å². The first-order valence-electron chi connectivity index (χ1n) is 5.40. The Labute approximate surface area is 115 Å². The molecule has 0 aliphatic heterocycles. The van der Waals surface area contributed by atoms with Gasteiger partial charge >= 0.3 is 0 Å². The van der Waals surface area contributed by atoms with Crippen molar-refractivity contribution in [3.05, 3.63) is 30.1 Å². The largest absolute Gasteiger partial charge is 0.493 e. The van der Waals surface area contributed by atoms with Gasteiger partial charge in [-0.1, -0.05) is 12.2 Å². The fourth-order valence-corrected chi connectivity index (χ4v) is 1.69. The minimum absolute atomic E-state index is 0.157. The summed E-state index contributed by atoms with van der Waals surface area (Å²) in [5.41, 5.74) is 6.14. The van der Waals surface area contributed by atoms with Crippen molar-refractivity contribution >= 4 is 17.2 Å². The highest BCUT2D eigenvalue weighted by Gasteiger charge is 2.12. The first-order chi connectivity index (χ1) is 9.15. The molecule has 0 saturated carbocycles. The van der Waals surface area contributed by atoms with Crippen LogP contribution in [0.15, 0.2) is 18.6 Å². The molecule has 0 radical (unpaired) electrons. The van der Waals surface area contributed by atoms with E-state index in [-0.39, 0.29) is 4.99 Å². The summed E-state index contributed by atoms with van der Waals surface area (Å²) in [7, 11) is 3.13. The Morgan fingerprint density at radius 2 is 2.16 bits per heavy atom. The number of hydrogen-bond donors (Lipinski definition) is 1. The van der Waals surface area contributed by atoms with Crippen LogP contribution < -0.4 is 15.2 Å². The highest BCUT2D eigenvalue weighted by molar-refractivity contribution is 7.80. The van der Waals surface area contributed by atoms with E-state index in [1.807, 2.05) is 0 Å². The number of methoxy groups -OCH3 is 2. The molecule has 2 aromatic rings. The van der Waals surface area contributed by atoms with Gasteiger partial charge in [0.05, 0.1) is 20.8 Å². The SMILES string of the molecule is COc1ccnc(Cn2cnc(C(N)=S)n2)c1OC. The predicted molar refractivity (Wildman–Crippen MR) is 72.4 cm³/mol. The van der Waals surface area contributed by atoms with Gasteiger partial charge in [-0.3, -0.25) is 4.98 Å². The van der Waals surface area contributed by atoms with Crippen molar-refractivity contribution in [1.82, 2.24) is 19.7 Å². The van der Waals surface area contributed by atoms with Crippen molar-refractivity contribution in [3.63, 3.8) is 0 Å². The molecule has 2 N–H and O–H groups in total. The maximum absolute atomic E-state index is 5.45. The zero-order valence-electron chi connectivity index (χ0n) is 10.5. The summed E-state index contributed by atoms with van der Waals surface area (Å²) < 4.78 is 12.1. The number of aromatic nitrogens is 4. The first-order valence-corrected chi connectivity index (χ1v) is 5.81. The zero-order chi connectivity index (χ0) is 13.8. The number of ether oxygens (including phenoxy) is 2. The third-order valence-electron chi connectivity index (χ3n) is 2.43. The molecule has 0 aromatic carbocycles. The second kappa shape index (κ2) is 5.61. The average molecular weight is 279 g/mol. The molecule has 2 heterocycles. The highest BCUT2D eigenvalue weighted by Crippen LogP contribution is 2.29. The van der Waals surface area contributed by atoms with Gasteiger partial charge in [-0.15, -0.1) is 5.10 Å². The Morgan fingerprint density at radius 3 is 2.74 bits per heavy atom. The standard InChI is InChI=1S/C11H13N5O2S/c1-17-8-3-4-13-7(9(8)18-2)5-16-6-14-11(15-16)10(12)19/h3-4,6H,5H2,1-2H3,(H2,12,19). The van der Waals surface area contributed by atoms with Crippen LogP contribution in [0.3, 0.4) is 0 Å². The van der Waals surface area contributed by atoms with Gasteiger partial charge in [-0.2, -0.15) is 0 Å². The fourth-order valence-electron chi connectivity index (χ4n) is 1.60. The molecule has 19 heavy (non-hydrogen) atoms. The fraction of sp³-hybridized carbons (Fsp3) is 0.273. The lowest BCUT2D eigenvalue weighted by atomic mass is 10.3. The Kier molecular flexibility index (Phi) is 3.91. The topological polar surface area (TPSA) is 88.1 Å². The van der Waals surface area contributed by atoms with Gasteiger partial charge in [0.15, 0.2) is 11.5 Å². The predicted octanol–water partition coefficient (Wildman–Crippen LogP) is 0.373. The van der Waals surface area contributed by atoms with Gasteiger partial charge < -0.3 is 15.2 Å². The summed E-state index contributed by atoms with van der Waals surface area (Å²) in [5, 5.41) is 4.14. The Balaban J connectivity index is 2.29. The molecule has 0 unspecified atom stereocenters. The van der Waals surface area contributed by atoms with Gasteiger partial charge in [0.1, 0.15) is 17.0 Å². The van der Waals surface area contributed by atoms with Crippen molar-refractivity contribution in [2.24, 2.45) is 5.73 Å². The molecule has 2 rings (SSSR count). The van der Waals surface area contributed by atoms with Crippen molar-refractivity contribution in [1.29, 1.82) is 0 Å². The maximum atomic E-state index is 5.45. The zero-order valence-corrected chi connectivity index (χ0v) is 11.3. The van der Waals surface area contributed by atoms with Crippen LogP contribution in [0, 0.1) is 0 Å². The number of nitrogens with zero attached hydrogens (tertiary/aromatic N) is 4. The van der Waals surface area contributed by atoms with Crippen molar-refractivity contribution in [2.45, 2.75) is 6.54 Å². The lowest BCUT2D eigenvalue weighted by Crippen LogP contribution is -2.13. The number of thiocarbonyl (C=S) groups is 1. The Morgan fingerprint density at radius 1 is 1.37 bits per heavy atom. The van der Waals surface area contributed by atoms with E-state index in [1.54, 1.807) is 31.2 Å². The second-order valence-corrected chi connectivity index (χ2v) is 4.06. The molecule has 0 amide bonds. The van der Waals surface area contributed by atoms with Crippen molar-refractivity contribution < 1.29 is 9.47 Å². The van der Waals surface area contributed by atoms with E-state index in [0.717, 1.165) is 0 Å². The van der Waals surface area contributed by atoms with E-state index in [9.17, 15) is 0 Å². The van der Waals surface area contributed by atoms with Crippen LogP contribution in [0.5, 0.6) is 11.5 Å². The van der Waals surface area contributed by atoms with Crippen LogP contribution in [-0.4, -0.2) is 39.0 Å². The quantitative estimate of drug-likeness (QED) is 0.791. The summed E-state index contributed by atoms with van der Waals surface area (Å²) in [4.78, 5) is 8.40. The van der Waals surface area contributed by atoms with Crippen LogP contribution in [0.4, 0.5) is 0 Å².